The van der Waals surface area contributed by atoms with E-state index in [2.05, 4.69) is 102 Å². The van der Waals surface area contributed by atoms with Crippen molar-refractivity contribution < 1.29 is 63.1 Å². The lowest BCUT2D eigenvalue weighted by Gasteiger charge is -2.21. The summed E-state index contributed by atoms with van der Waals surface area (Å²) in [5.41, 5.74) is 18.9. The van der Waals surface area contributed by atoms with Gasteiger partial charge in [-0.2, -0.15) is 5.10 Å². The van der Waals surface area contributed by atoms with Gasteiger partial charge >= 0.3 is 17.9 Å². The Labute approximate surface area is 618 Å². The number of nitrogens with zero attached hydrogens (tertiary/aromatic N) is 8. The van der Waals surface area contributed by atoms with Crippen molar-refractivity contribution in [2.75, 3.05) is 10.7 Å². The predicted octanol–water partition coefficient (Wildman–Crippen LogP) is 17.7. The third-order valence-corrected chi connectivity index (χ3v) is 19.1. The standard InChI is InChI=1S/2C26H24N4O5.C15H18N2O.C11H9NO4.CH4.BrH/c2*1-14-22(24(32)30(29-14)16-8-7-15-11-12-26(2,3)18(15)13-16)28-27-19-6-4-5-17(23(19)31)20-9-10-21(35-20)25(33)34;1-10-8-14(18)17(16-10)12-5-4-11-6-7-15(2,3)13(11)9-12;12-7-3-1-2-6(10(7)13)8-4-5-9(16-8)11(14)15;;/h2*4-10,13,29,31H,11-12H2,1-3H3,(H,33,34);4-5,9H,6-8H2,1-3H3;1-5,13H,12H2,(H,14,15);1H4;1H. The molecule has 548 valence electrons. The summed E-state index contributed by atoms with van der Waals surface area (Å²) in [5, 5.41) is 86.3. The quantitative estimate of drug-likeness (QED) is 0.0294. The van der Waals surface area contributed by atoms with Gasteiger partial charge in [0.05, 0.1) is 57.2 Å². The number of furan rings is 3. The fourth-order valence-electron chi connectivity index (χ4n) is 13.2. The lowest BCUT2D eigenvalue weighted by molar-refractivity contribution is -0.116. The average Bonchev–Trinajstić information content (AvgIpc) is 1.63. The van der Waals surface area contributed by atoms with E-state index in [1.165, 1.54) is 97.7 Å². The molecule has 1 amide bonds. The van der Waals surface area contributed by atoms with E-state index >= 15 is 0 Å². The van der Waals surface area contributed by atoms with E-state index in [4.69, 9.17) is 34.3 Å². The van der Waals surface area contributed by atoms with Crippen LogP contribution in [0.5, 0.6) is 17.2 Å². The molecular formula is C79H80BrN11O15. The first-order valence-electron chi connectivity index (χ1n) is 33.3. The number of carbonyl (C=O) groups is 4. The molecule has 11 aromatic rings. The smallest absolute Gasteiger partial charge is 0.371 e. The maximum absolute atomic E-state index is 13.2. The number of carbonyl (C=O) groups excluding carboxylic acids is 1. The summed E-state index contributed by atoms with van der Waals surface area (Å²) < 4.78 is 18.5. The number of aryl methyl sites for hydroxylation is 5. The number of benzene rings is 6. The highest BCUT2D eigenvalue weighted by Gasteiger charge is 2.34. The van der Waals surface area contributed by atoms with Crippen molar-refractivity contribution in [3.05, 3.63) is 228 Å². The molecular weight excluding hydrogens is 1420 g/mol. The van der Waals surface area contributed by atoms with E-state index in [1.54, 1.807) is 61.3 Å². The number of hydrazone groups is 1. The van der Waals surface area contributed by atoms with Crippen LogP contribution < -0.4 is 21.9 Å². The molecule has 0 spiro atoms. The Hall–Kier alpha value is -12.4. The molecule has 3 aliphatic carbocycles. The highest BCUT2D eigenvalue weighted by molar-refractivity contribution is 8.93. The highest BCUT2D eigenvalue weighted by Crippen LogP contribution is 2.45. The van der Waals surface area contributed by atoms with Gasteiger partial charge in [0.1, 0.15) is 34.4 Å². The minimum atomic E-state index is -1.21. The van der Waals surface area contributed by atoms with Gasteiger partial charge in [-0.15, -0.1) is 37.4 Å². The van der Waals surface area contributed by atoms with Crippen LogP contribution in [0, 0.1) is 13.8 Å². The van der Waals surface area contributed by atoms with Gasteiger partial charge in [-0.3, -0.25) is 24.6 Å². The molecule has 6 aromatic carbocycles. The fourth-order valence-corrected chi connectivity index (χ4v) is 13.2. The number of aromatic amines is 2. The number of para-hydroxylation sites is 3. The van der Waals surface area contributed by atoms with Crippen LogP contribution in [0.15, 0.2) is 194 Å². The number of anilines is 2. The molecule has 4 aliphatic rings. The number of halogens is 1. The zero-order chi connectivity index (χ0) is 74.4. The Kier molecular flexibility index (Phi) is 21.7. The van der Waals surface area contributed by atoms with E-state index in [0.717, 1.165) is 54.9 Å². The fraction of sp³-hybridized carbons (Fsp3) is 0.253. The Balaban J connectivity index is 0.000000158. The number of nitrogens with one attached hydrogen (secondary N) is 2. The van der Waals surface area contributed by atoms with E-state index in [9.17, 15) is 44.1 Å². The SMILES string of the molecule is Br.C.CC1=NN(c2ccc3c(c2)C(C)(C)CC3)C(=O)C1.Cc1[nH]n(-c2ccc3c(c2)C(C)(C)CC3)c(=O)c1N=Nc1cccc(-c2ccc(C(=O)O)o2)c1O.Cc1[nH]n(-c2ccc3c(c2)C(C)(C)CC3)c(=O)c1N=Nc1cccc(-c2ccc(C(=O)O)o2)c1O.Nc1cccc(-c2ccc(C(=O)O)o2)c1O. The zero-order valence-electron chi connectivity index (χ0n) is 58.7. The monoisotopic (exact) mass is 1500 g/mol. The van der Waals surface area contributed by atoms with Crippen LogP contribution in [0.25, 0.3) is 45.3 Å². The van der Waals surface area contributed by atoms with Crippen molar-refractivity contribution in [1.82, 2.24) is 19.6 Å². The molecule has 106 heavy (non-hydrogen) atoms. The van der Waals surface area contributed by atoms with Gasteiger partial charge < -0.3 is 49.6 Å². The second kappa shape index (κ2) is 30.1. The normalized spacial score (nSPS) is 14.7. The number of phenolic OH excluding ortho intramolecular Hbond substituents is 3. The van der Waals surface area contributed by atoms with Gasteiger partial charge in [-0.25, -0.2) is 28.8 Å². The number of hydrogen-bond donors (Lipinski definition) is 9. The van der Waals surface area contributed by atoms with Crippen LogP contribution in [0.4, 0.5) is 34.1 Å². The Morgan fingerprint density at radius 3 is 1.18 bits per heavy atom. The third kappa shape index (κ3) is 15.3. The summed E-state index contributed by atoms with van der Waals surface area (Å²) in [6.45, 7) is 18.7. The van der Waals surface area contributed by atoms with Crippen LogP contribution in [0.2, 0.25) is 0 Å². The van der Waals surface area contributed by atoms with Crippen LogP contribution >= 0.6 is 17.0 Å². The summed E-state index contributed by atoms with van der Waals surface area (Å²) in [5.74, 6) is -4.15. The number of aromatic carboxylic acids is 3. The number of H-pyrrole nitrogens is 2. The number of phenols is 3. The number of aromatic hydroxyl groups is 3. The van der Waals surface area contributed by atoms with Crippen LogP contribution in [0.3, 0.4) is 0 Å². The molecule has 0 fully saturated rings. The lowest BCUT2D eigenvalue weighted by atomic mass is 9.86. The van der Waals surface area contributed by atoms with Crippen molar-refractivity contribution in [3.63, 3.8) is 0 Å². The van der Waals surface area contributed by atoms with Crippen molar-refractivity contribution >= 4 is 80.6 Å². The molecule has 0 bridgehead atoms. The Morgan fingerprint density at radius 2 is 0.830 bits per heavy atom. The minimum Gasteiger partial charge on any atom is -0.505 e. The second-order valence-corrected chi connectivity index (χ2v) is 27.7. The number of aromatic nitrogens is 4. The van der Waals surface area contributed by atoms with Gasteiger partial charge in [-0.1, -0.05) is 85.4 Å². The molecule has 26 nitrogen and oxygen atoms in total. The summed E-state index contributed by atoms with van der Waals surface area (Å²) in [6.07, 6.45) is 6.96. The molecule has 27 heteroatoms. The zero-order valence-corrected chi connectivity index (χ0v) is 60.4. The van der Waals surface area contributed by atoms with E-state index < -0.39 is 17.9 Å². The molecule has 6 heterocycles. The first-order chi connectivity index (χ1) is 49.4. The van der Waals surface area contributed by atoms with E-state index in [0.29, 0.717) is 23.4 Å². The number of nitrogens with two attached hydrogens (primary N) is 1. The predicted molar refractivity (Wildman–Crippen MR) is 406 cm³/mol. The van der Waals surface area contributed by atoms with E-state index in [-0.39, 0.29) is 149 Å². The van der Waals surface area contributed by atoms with Crippen molar-refractivity contribution in [2.45, 2.75) is 131 Å². The maximum Gasteiger partial charge on any atom is 0.371 e. The molecule has 15 rings (SSSR count). The van der Waals surface area contributed by atoms with Crippen LogP contribution in [-0.4, -0.2) is 79.7 Å². The third-order valence-electron chi connectivity index (χ3n) is 19.1. The molecule has 0 saturated heterocycles. The number of carboxylic acids is 3. The summed E-state index contributed by atoms with van der Waals surface area (Å²) in [7, 11) is 0. The number of amides is 1. The summed E-state index contributed by atoms with van der Waals surface area (Å²) in [4.78, 5) is 71.0. The molecule has 0 atom stereocenters. The number of rotatable bonds is 13. The number of nitrogen functional groups attached to an aromatic ring is 1. The van der Waals surface area contributed by atoms with Gasteiger partial charge in [0.2, 0.25) is 17.3 Å². The van der Waals surface area contributed by atoms with Crippen LogP contribution in [0.1, 0.15) is 158 Å². The largest absolute Gasteiger partial charge is 0.505 e. The molecule has 10 N–H and O–H groups in total. The van der Waals surface area contributed by atoms with Gasteiger partial charge in [-0.05, 0) is 218 Å². The second-order valence-electron chi connectivity index (χ2n) is 27.7. The van der Waals surface area contributed by atoms with Crippen LogP contribution in [-0.2, 0) is 40.3 Å². The summed E-state index contributed by atoms with van der Waals surface area (Å²) in [6, 6.07) is 40.9. The van der Waals surface area contributed by atoms with E-state index in [1.807, 2.05) is 37.3 Å². The maximum atomic E-state index is 13.2. The first kappa shape index (κ1) is 76.3. The van der Waals surface area contributed by atoms with Gasteiger partial charge in [0, 0.05) is 5.71 Å². The number of carboxylic acid groups (broad SMARTS) is 3. The highest BCUT2D eigenvalue weighted by atomic mass is 79.9. The number of azo groups is 2. The molecule has 0 saturated carbocycles. The first-order valence-corrected chi connectivity index (χ1v) is 33.3. The minimum absolute atomic E-state index is 0. The Morgan fingerprint density at radius 1 is 0.481 bits per heavy atom. The lowest BCUT2D eigenvalue weighted by Crippen LogP contribution is -2.20. The van der Waals surface area contributed by atoms with Crippen molar-refractivity contribution in [1.29, 1.82) is 0 Å². The molecule has 1 aliphatic heterocycles. The van der Waals surface area contributed by atoms with Gasteiger partial charge in [0.15, 0.2) is 22.9 Å². The van der Waals surface area contributed by atoms with Gasteiger partial charge in [0.25, 0.3) is 17.0 Å². The number of fused-ring (bicyclic) bond motifs is 3. The van der Waals surface area contributed by atoms with Crippen molar-refractivity contribution in [2.24, 2.45) is 25.6 Å². The Bertz CT molecular complexity index is 5250. The van der Waals surface area contributed by atoms with Crippen molar-refractivity contribution in [3.8, 4) is 62.6 Å². The topological polar surface area (TPSA) is 396 Å². The molecule has 0 unspecified atom stereocenters. The molecule has 0 radical (unpaired) electrons. The molecule has 5 aromatic heterocycles. The summed E-state index contributed by atoms with van der Waals surface area (Å²) >= 11 is 0. The average molecular weight is 1500 g/mol. The number of hydrogen-bond acceptors (Lipinski definition) is 18.